The molecule has 0 aromatic heterocycles. The van der Waals surface area contributed by atoms with Crippen LogP contribution in [-0.2, 0) is 6.54 Å². The van der Waals surface area contributed by atoms with Crippen molar-refractivity contribution in [3.63, 3.8) is 0 Å². The summed E-state index contributed by atoms with van der Waals surface area (Å²) in [6.45, 7) is 4.16. The van der Waals surface area contributed by atoms with Crippen LogP contribution in [-0.4, -0.2) is 31.3 Å². The lowest BCUT2D eigenvalue weighted by atomic mass is 9.92. The van der Waals surface area contributed by atoms with Crippen molar-refractivity contribution >= 4 is 5.69 Å². The molecular weight excluding hydrogens is 243 g/mol. The summed E-state index contributed by atoms with van der Waals surface area (Å²) < 4.78 is 14.1. The van der Waals surface area contributed by atoms with E-state index in [1.165, 1.54) is 0 Å². The fourth-order valence-corrected chi connectivity index (χ4v) is 2.74. The highest BCUT2D eigenvalue weighted by atomic mass is 19.1. The summed E-state index contributed by atoms with van der Waals surface area (Å²) in [7, 11) is 1.85. The molecule has 3 nitrogen and oxygen atoms in total. The minimum atomic E-state index is -0.259. The van der Waals surface area contributed by atoms with Crippen molar-refractivity contribution < 1.29 is 9.50 Å². The van der Waals surface area contributed by atoms with Gasteiger partial charge < -0.3 is 15.3 Å². The van der Waals surface area contributed by atoms with Gasteiger partial charge in [-0.1, -0.05) is 6.07 Å². The number of aliphatic hydroxyl groups is 1. The van der Waals surface area contributed by atoms with Gasteiger partial charge in [-0.3, -0.25) is 0 Å². The Morgan fingerprint density at radius 1 is 1.42 bits per heavy atom. The molecule has 1 fully saturated rings. The van der Waals surface area contributed by atoms with Gasteiger partial charge in [0.1, 0.15) is 5.82 Å². The Morgan fingerprint density at radius 2 is 2.11 bits per heavy atom. The summed E-state index contributed by atoms with van der Waals surface area (Å²) in [5, 5.41) is 12.6. The zero-order valence-corrected chi connectivity index (χ0v) is 11.7. The molecule has 2 rings (SSSR count). The number of hydrogen-bond donors (Lipinski definition) is 2. The molecule has 106 valence electrons. The van der Waals surface area contributed by atoms with Crippen LogP contribution in [0.4, 0.5) is 10.1 Å². The van der Waals surface area contributed by atoms with E-state index in [-0.39, 0.29) is 11.9 Å². The fraction of sp³-hybridized carbons (Fsp3) is 0.600. The van der Waals surface area contributed by atoms with Crippen LogP contribution in [0.2, 0.25) is 0 Å². The quantitative estimate of drug-likeness (QED) is 0.876. The van der Waals surface area contributed by atoms with Gasteiger partial charge in [0.2, 0.25) is 0 Å². The topological polar surface area (TPSA) is 35.5 Å². The van der Waals surface area contributed by atoms with E-state index in [0.29, 0.717) is 18.2 Å². The van der Waals surface area contributed by atoms with Crippen LogP contribution >= 0.6 is 0 Å². The lowest BCUT2D eigenvalue weighted by molar-refractivity contribution is 0.110. The molecule has 1 atom stereocenters. The van der Waals surface area contributed by atoms with Crippen molar-refractivity contribution in [1.82, 2.24) is 5.32 Å². The van der Waals surface area contributed by atoms with E-state index >= 15 is 0 Å². The monoisotopic (exact) mass is 266 g/mol. The van der Waals surface area contributed by atoms with Gasteiger partial charge in [0.15, 0.2) is 0 Å². The number of halogens is 1. The zero-order chi connectivity index (χ0) is 13.8. The van der Waals surface area contributed by atoms with Gasteiger partial charge in [0, 0.05) is 19.6 Å². The Labute approximate surface area is 114 Å². The minimum absolute atomic E-state index is 0.150. The largest absolute Gasteiger partial charge is 0.393 e. The number of anilines is 1. The highest BCUT2D eigenvalue weighted by Gasteiger charge is 2.24. The van der Waals surface area contributed by atoms with Crippen LogP contribution in [0.1, 0.15) is 25.3 Å². The summed E-state index contributed by atoms with van der Waals surface area (Å²) in [6.07, 6.45) is 1.59. The molecule has 19 heavy (non-hydrogen) atoms. The van der Waals surface area contributed by atoms with Crippen LogP contribution in [0.3, 0.4) is 0 Å². The first-order chi connectivity index (χ1) is 9.11. The Hall–Kier alpha value is -1.13. The van der Waals surface area contributed by atoms with Gasteiger partial charge in [-0.15, -0.1) is 0 Å². The Bertz CT molecular complexity index is 415. The Morgan fingerprint density at radius 3 is 2.63 bits per heavy atom. The van der Waals surface area contributed by atoms with Gasteiger partial charge in [-0.2, -0.15) is 0 Å². The molecule has 2 N–H and O–H groups in total. The van der Waals surface area contributed by atoms with E-state index < -0.39 is 0 Å². The number of rotatable bonds is 4. The van der Waals surface area contributed by atoms with Crippen LogP contribution in [0.5, 0.6) is 0 Å². The fourth-order valence-electron chi connectivity index (χ4n) is 2.74. The Balaban J connectivity index is 2.03. The summed E-state index contributed by atoms with van der Waals surface area (Å²) in [4.78, 5) is 2.08. The van der Waals surface area contributed by atoms with Gasteiger partial charge in [0.25, 0.3) is 0 Å². The van der Waals surface area contributed by atoms with E-state index in [1.807, 2.05) is 26.1 Å². The predicted octanol–water partition coefficient (Wildman–Crippen LogP) is 2.14. The molecule has 1 unspecified atom stereocenters. The summed E-state index contributed by atoms with van der Waals surface area (Å²) in [6, 6.07) is 5.44. The molecular formula is C15H23FN2O. The van der Waals surface area contributed by atoms with Crippen LogP contribution in [0, 0.1) is 11.7 Å². The van der Waals surface area contributed by atoms with Gasteiger partial charge in [-0.25, -0.2) is 4.39 Å². The molecule has 0 aliphatic carbocycles. The number of piperidine rings is 1. The SMILES string of the molecule is CNCc1ccc(N2CCC(C(C)O)CC2)c(F)c1. The van der Waals surface area contributed by atoms with Gasteiger partial charge in [0.05, 0.1) is 11.8 Å². The molecule has 0 amide bonds. The van der Waals surface area contributed by atoms with Crippen molar-refractivity contribution in [2.75, 3.05) is 25.0 Å². The zero-order valence-electron chi connectivity index (χ0n) is 11.7. The van der Waals surface area contributed by atoms with E-state index in [2.05, 4.69) is 10.2 Å². The molecule has 1 aromatic rings. The van der Waals surface area contributed by atoms with Crippen molar-refractivity contribution in [2.24, 2.45) is 5.92 Å². The first-order valence-corrected chi connectivity index (χ1v) is 6.98. The summed E-state index contributed by atoms with van der Waals surface area (Å²) in [5.41, 5.74) is 1.64. The van der Waals surface area contributed by atoms with E-state index in [0.717, 1.165) is 31.5 Å². The minimum Gasteiger partial charge on any atom is -0.393 e. The summed E-state index contributed by atoms with van der Waals surface area (Å²) in [5.74, 6) is 0.200. The normalized spacial score (nSPS) is 18.6. The van der Waals surface area contributed by atoms with Crippen molar-refractivity contribution in [1.29, 1.82) is 0 Å². The van der Waals surface area contributed by atoms with Crippen molar-refractivity contribution in [2.45, 2.75) is 32.4 Å². The first-order valence-electron chi connectivity index (χ1n) is 6.98. The Kier molecular flexibility index (Phi) is 4.77. The first kappa shape index (κ1) is 14.3. The second-order valence-electron chi connectivity index (χ2n) is 5.38. The second-order valence-corrected chi connectivity index (χ2v) is 5.38. The standard InChI is InChI=1S/C15H23FN2O/c1-11(19)13-5-7-18(8-6-13)15-4-3-12(10-17-2)9-14(15)16/h3-4,9,11,13,17,19H,5-8,10H2,1-2H3. The third-order valence-electron chi connectivity index (χ3n) is 3.96. The number of nitrogens with zero attached hydrogens (tertiary/aromatic N) is 1. The van der Waals surface area contributed by atoms with Crippen LogP contribution in [0.25, 0.3) is 0 Å². The van der Waals surface area contributed by atoms with E-state index in [4.69, 9.17) is 0 Å². The molecule has 4 heteroatoms. The lowest BCUT2D eigenvalue weighted by Crippen LogP contribution is -2.37. The van der Waals surface area contributed by atoms with Crippen LogP contribution < -0.4 is 10.2 Å². The molecule has 0 saturated carbocycles. The number of hydrogen-bond acceptors (Lipinski definition) is 3. The average Bonchev–Trinajstić information content (AvgIpc) is 2.39. The van der Waals surface area contributed by atoms with Crippen LogP contribution in [0.15, 0.2) is 18.2 Å². The maximum absolute atomic E-state index is 14.1. The second kappa shape index (κ2) is 6.35. The number of nitrogens with one attached hydrogen (secondary N) is 1. The number of benzene rings is 1. The maximum atomic E-state index is 14.1. The third kappa shape index (κ3) is 3.45. The molecule has 1 heterocycles. The molecule has 1 saturated heterocycles. The molecule has 0 radical (unpaired) electrons. The van der Waals surface area contributed by atoms with E-state index in [9.17, 15) is 9.50 Å². The lowest BCUT2D eigenvalue weighted by Gasteiger charge is -2.35. The average molecular weight is 266 g/mol. The molecule has 0 bridgehead atoms. The van der Waals surface area contributed by atoms with E-state index in [1.54, 1.807) is 6.07 Å². The van der Waals surface area contributed by atoms with Gasteiger partial charge in [-0.05, 0) is 50.4 Å². The van der Waals surface area contributed by atoms with Gasteiger partial charge >= 0.3 is 0 Å². The molecule has 1 aromatic carbocycles. The maximum Gasteiger partial charge on any atom is 0.146 e. The molecule has 1 aliphatic rings. The highest BCUT2D eigenvalue weighted by Crippen LogP contribution is 2.27. The highest BCUT2D eigenvalue weighted by molar-refractivity contribution is 5.49. The van der Waals surface area contributed by atoms with Crippen molar-refractivity contribution in [3.8, 4) is 0 Å². The molecule has 1 aliphatic heterocycles. The molecule has 0 spiro atoms. The predicted molar refractivity (Wildman–Crippen MR) is 75.8 cm³/mol. The number of aliphatic hydroxyl groups excluding tert-OH is 1. The van der Waals surface area contributed by atoms with Crippen molar-refractivity contribution in [3.05, 3.63) is 29.6 Å². The third-order valence-corrected chi connectivity index (χ3v) is 3.96. The summed E-state index contributed by atoms with van der Waals surface area (Å²) >= 11 is 0. The smallest absolute Gasteiger partial charge is 0.146 e.